The predicted molar refractivity (Wildman–Crippen MR) is 209 cm³/mol. The minimum absolute atomic E-state index is 0. The van der Waals surface area contributed by atoms with Crippen molar-refractivity contribution in [3.8, 4) is 11.5 Å². The Morgan fingerprint density at radius 1 is 0.931 bits per heavy atom. The van der Waals surface area contributed by atoms with E-state index in [4.69, 9.17) is 37.6 Å². The van der Waals surface area contributed by atoms with Gasteiger partial charge in [-0.15, -0.1) is 0 Å². The maximum Gasteiger partial charge on any atom is 0.484 e. The molecule has 5 atom stereocenters. The van der Waals surface area contributed by atoms with Crippen LogP contribution in [0.1, 0.15) is 94.6 Å². The van der Waals surface area contributed by atoms with E-state index in [0.717, 1.165) is 30.3 Å². The summed E-state index contributed by atoms with van der Waals surface area (Å²) in [6.45, 7) is 3.23. The lowest BCUT2D eigenvalue weighted by molar-refractivity contribution is -0.134. The molecule has 3 aromatic rings. The number of nitrogens with one attached hydrogen (secondary N) is 1. The Bertz CT molecular complexity index is 2070. The number of aromatic nitrogens is 2. The number of carbonyl (C=O) groups excluding carboxylic acids is 2. The van der Waals surface area contributed by atoms with Crippen molar-refractivity contribution in [3.63, 3.8) is 0 Å². The van der Waals surface area contributed by atoms with Crippen LogP contribution in [0.25, 0.3) is 10.4 Å². The summed E-state index contributed by atoms with van der Waals surface area (Å²) >= 11 is 0. The molecule has 58 heavy (non-hydrogen) atoms. The average molecular weight is 853 g/mol. The van der Waals surface area contributed by atoms with Gasteiger partial charge in [-0.25, -0.2) is 13.9 Å². The molecule has 5 N–H and O–H groups in total. The third kappa shape index (κ3) is 15.7. The number of hydrogen-bond donors (Lipinski definition) is 3. The summed E-state index contributed by atoms with van der Waals surface area (Å²) in [4.78, 5) is 63.5. The smallest absolute Gasteiger partial charge is 0.427 e. The molecule has 22 heteroatoms. The Hall–Kier alpha value is -4.45. The molecule has 0 bridgehead atoms. The van der Waals surface area contributed by atoms with Crippen LogP contribution in [-0.2, 0) is 54.6 Å². The van der Waals surface area contributed by atoms with Crippen LogP contribution in [0.5, 0.6) is 11.5 Å². The molecule has 3 unspecified atom stereocenters. The van der Waals surface area contributed by atoms with Crippen LogP contribution in [0.2, 0.25) is 0 Å². The molecular weight excluding hydrogens is 802 g/mol. The van der Waals surface area contributed by atoms with E-state index < -0.39 is 71.1 Å². The number of unbranched alkanes of at least 4 members (excludes halogenated alkanes) is 6. The first-order valence-corrected chi connectivity index (χ1v) is 21.3. The minimum Gasteiger partial charge on any atom is -0.427 e. The molecule has 1 aliphatic rings. The van der Waals surface area contributed by atoms with Crippen LogP contribution in [0.4, 0.5) is 0 Å². The zero-order valence-corrected chi connectivity index (χ0v) is 34.3. The number of phosphoric acid groups is 2. The van der Waals surface area contributed by atoms with Crippen LogP contribution in [0.15, 0.2) is 69.4 Å². The van der Waals surface area contributed by atoms with Crippen molar-refractivity contribution in [1.29, 1.82) is 0 Å². The topological polar surface area (TPSA) is 292 Å². The molecule has 0 spiro atoms. The number of aryl methyl sites for hydroxylation is 1. The van der Waals surface area contributed by atoms with Crippen molar-refractivity contribution in [3.05, 3.63) is 103 Å². The van der Waals surface area contributed by atoms with Crippen molar-refractivity contribution in [1.82, 2.24) is 15.7 Å². The first-order chi connectivity index (χ1) is 27.2. The largest absolute Gasteiger partial charge is 0.484 e. The van der Waals surface area contributed by atoms with Crippen LogP contribution >= 0.6 is 15.6 Å². The Morgan fingerprint density at radius 3 is 2.07 bits per heavy atom. The molecule has 0 aliphatic carbocycles. The number of ether oxygens (including phenoxy) is 3. The van der Waals surface area contributed by atoms with E-state index >= 15 is 0 Å². The van der Waals surface area contributed by atoms with Gasteiger partial charge in [0.25, 0.3) is 5.56 Å². The molecule has 1 saturated heterocycles. The van der Waals surface area contributed by atoms with E-state index in [1.807, 2.05) is 0 Å². The molecule has 0 radical (unpaired) electrons. The van der Waals surface area contributed by atoms with E-state index in [1.54, 1.807) is 0 Å². The summed E-state index contributed by atoms with van der Waals surface area (Å²) < 4.78 is 65.5. The van der Waals surface area contributed by atoms with Gasteiger partial charge in [0.1, 0.15) is 17.7 Å². The van der Waals surface area contributed by atoms with Gasteiger partial charge in [0.15, 0.2) is 0 Å². The van der Waals surface area contributed by atoms with Gasteiger partial charge >= 0.3 is 33.3 Å². The van der Waals surface area contributed by atoms with E-state index in [0.29, 0.717) is 11.1 Å². The van der Waals surface area contributed by atoms with Crippen LogP contribution in [0.3, 0.4) is 0 Å². The normalized spacial score (nSPS) is 18.2. The summed E-state index contributed by atoms with van der Waals surface area (Å²) in [7, 11) is -10.2. The van der Waals surface area contributed by atoms with Crippen LogP contribution in [0, 0.1) is 6.92 Å². The monoisotopic (exact) mass is 852 g/mol. The summed E-state index contributed by atoms with van der Waals surface area (Å²) in [6, 6.07) is 11.0. The SMILES string of the molecule is CCCCCCCCCC(=O)Oc1ccc(COP(=O)(OCc2ccc(OC(C)=O)cc2)OP(=O)(O)OC[C@H]2O[C@@H](n3cc(C)c(=O)[nH]c3=O)CC2N=[N+]=[N-])cc1.N. The highest BCUT2D eigenvalue weighted by molar-refractivity contribution is 7.61. The van der Waals surface area contributed by atoms with E-state index in [2.05, 4.69) is 21.9 Å². The second kappa shape index (κ2) is 23.2. The van der Waals surface area contributed by atoms with Gasteiger partial charge in [-0.05, 0) is 54.3 Å². The summed E-state index contributed by atoms with van der Waals surface area (Å²) in [5, 5.41) is 3.64. The zero-order valence-electron chi connectivity index (χ0n) is 32.6. The number of esters is 2. The van der Waals surface area contributed by atoms with Crippen molar-refractivity contribution in [2.75, 3.05) is 6.61 Å². The molecule has 2 heterocycles. The Kier molecular flexibility index (Phi) is 19.2. The van der Waals surface area contributed by atoms with Gasteiger partial charge in [0.2, 0.25) is 0 Å². The highest BCUT2D eigenvalue weighted by atomic mass is 31.3. The van der Waals surface area contributed by atoms with Crippen LogP contribution in [-0.4, -0.2) is 45.1 Å². The summed E-state index contributed by atoms with van der Waals surface area (Å²) in [5.41, 5.74) is 8.72. The number of H-pyrrole nitrogens is 1. The number of benzene rings is 2. The first kappa shape index (κ1) is 47.9. The molecule has 0 saturated carbocycles. The molecule has 1 aliphatic heterocycles. The van der Waals surface area contributed by atoms with Crippen molar-refractivity contribution in [2.24, 2.45) is 5.11 Å². The minimum atomic E-state index is -5.30. The first-order valence-electron chi connectivity index (χ1n) is 18.4. The number of aromatic amines is 1. The molecule has 1 aromatic heterocycles. The molecule has 20 nitrogen and oxygen atoms in total. The molecule has 1 fully saturated rings. The van der Waals surface area contributed by atoms with Gasteiger partial charge in [0.05, 0.1) is 32.0 Å². The number of nitrogens with zero attached hydrogens (tertiary/aromatic N) is 4. The number of phosphoric ester groups is 2. The predicted octanol–water partition coefficient (Wildman–Crippen LogP) is 7.62. The van der Waals surface area contributed by atoms with Gasteiger partial charge in [-0.2, -0.15) is 4.31 Å². The Morgan fingerprint density at radius 2 is 1.50 bits per heavy atom. The van der Waals surface area contributed by atoms with Crippen molar-refractivity contribution >= 4 is 27.6 Å². The third-order valence-electron chi connectivity index (χ3n) is 8.57. The van der Waals surface area contributed by atoms with Crippen LogP contribution < -0.4 is 26.9 Å². The lowest BCUT2D eigenvalue weighted by Crippen LogP contribution is -2.33. The van der Waals surface area contributed by atoms with Gasteiger partial charge in [-0.1, -0.05) is 74.8 Å². The second-order valence-electron chi connectivity index (χ2n) is 13.2. The Balaban J connectivity index is 0.00000900. The standard InChI is InChI=1S/C36H47N5O14P2.H3N/c1-4-5-6-7-8-9-10-11-34(43)53-30-18-14-28(15-19-30)23-51-57(48,50-22-27-12-16-29(17-13-27)52-26(3)42)55-56(46,47)49-24-32-31(39-40-37)20-33(54-32)41-21-25(2)35(44)38-36(41)45;/h12-19,21,31-33H,4-11,20,22-24H2,1-3H3,(H,46,47)(H,38,44,45);1H3/t31?,32-,33-,57?;/m1./s1. The fourth-order valence-corrected chi connectivity index (χ4v) is 8.22. The van der Waals surface area contributed by atoms with E-state index in [9.17, 15) is 33.2 Å². The lowest BCUT2D eigenvalue weighted by Gasteiger charge is -2.22. The third-order valence-corrected chi connectivity index (χ3v) is 11.6. The maximum atomic E-state index is 13.9. The summed E-state index contributed by atoms with van der Waals surface area (Å²) in [5.74, 6) is -0.395. The highest BCUT2D eigenvalue weighted by Gasteiger charge is 2.42. The molecule has 318 valence electrons. The zero-order chi connectivity index (χ0) is 41.4. The van der Waals surface area contributed by atoms with Gasteiger partial charge in [-0.3, -0.25) is 37.5 Å². The average Bonchev–Trinajstić information content (AvgIpc) is 3.56. The fraction of sp³-hybridized carbons (Fsp3) is 0.500. The summed E-state index contributed by atoms with van der Waals surface area (Å²) in [6.07, 6.45) is 6.69. The number of azide groups is 1. The highest BCUT2D eigenvalue weighted by Crippen LogP contribution is 2.64. The molecule has 0 amide bonds. The van der Waals surface area contributed by atoms with Gasteiger partial charge < -0.3 is 25.3 Å². The molecule has 4 rings (SSSR count). The second-order valence-corrected chi connectivity index (χ2v) is 16.4. The molecular formula is C36H50N6O14P2. The Labute approximate surface area is 334 Å². The number of hydrogen-bond acceptors (Lipinski definition) is 15. The van der Waals surface area contributed by atoms with Gasteiger partial charge in [0, 0.05) is 36.4 Å². The maximum absolute atomic E-state index is 13.9. The van der Waals surface area contributed by atoms with E-state index in [1.165, 1.54) is 87.8 Å². The van der Waals surface area contributed by atoms with Crippen molar-refractivity contribution < 1.29 is 55.7 Å². The number of rotatable bonds is 23. The van der Waals surface area contributed by atoms with Crippen molar-refractivity contribution in [2.45, 2.75) is 110 Å². The fourth-order valence-electron chi connectivity index (χ4n) is 5.62. The number of carbonyl (C=O) groups is 2. The quantitative estimate of drug-likeness (QED) is 0.0157. The van der Waals surface area contributed by atoms with E-state index in [-0.39, 0.29) is 42.0 Å². The lowest BCUT2D eigenvalue weighted by atomic mass is 10.1. The molecule has 2 aromatic carbocycles.